The van der Waals surface area contributed by atoms with Gasteiger partial charge in [-0.25, -0.2) is 14.6 Å². The number of carbonyl (C=O) groups is 6. The van der Waals surface area contributed by atoms with Gasteiger partial charge >= 0.3 is 5.97 Å². The smallest absolute Gasteiger partial charge is 0.343 e. The maximum atomic E-state index is 12.7. The zero-order chi connectivity index (χ0) is 30.3. The fraction of sp³-hybridized carbons (Fsp3) is 0.125. The van der Waals surface area contributed by atoms with E-state index in [2.05, 4.69) is 5.32 Å². The van der Waals surface area contributed by atoms with Crippen molar-refractivity contribution in [2.24, 2.45) is 0 Å². The van der Waals surface area contributed by atoms with Crippen LogP contribution in [0.15, 0.2) is 95.1 Å². The number of ether oxygens (including phenoxy) is 1. The highest BCUT2D eigenvalue weighted by Gasteiger charge is 2.35. The van der Waals surface area contributed by atoms with Gasteiger partial charge in [-0.15, -0.1) is 0 Å². The molecular weight excluding hydrogens is 538 g/mol. The molecule has 2 heterocycles. The van der Waals surface area contributed by atoms with Crippen LogP contribution in [0.2, 0.25) is 0 Å². The van der Waals surface area contributed by atoms with E-state index in [0.717, 1.165) is 9.80 Å². The molecule has 0 aromatic heterocycles. The molecule has 0 aliphatic carbocycles. The molecule has 3 aromatic rings. The maximum absolute atomic E-state index is 12.7. The number of benzene rings is 3. The highest BCUT2D eigenvalue weighted by Crippen LogP contribution is 2.28. The molecule has 0 unspecified atom stereocenters. The van der Waals surface area contributed by atoms with E-state index in [-0.39, 0.29) is 23.1 Å². The second-order valence-corrected chi connectivity index (χ2v) is 9.85. The summed E-state index contributed by atoms with van der Waals surface area (Å²) in [5, 5.41) is 2.74. The minimum atomic E-state index is -0.640. The van der Waals surface area contributed by atoms with Crippen molar-refractivity contribution >= 4 is 52.6 Å². The first-order chi connectivity index (χ1) is 20.0. The molecule has 10 nitrogen and oxygen atoms in total. The SMILES string of the molecule is CC1=C(C)C(=O)N(c2ccc(C(=O)Nc3ccc(OC(=O)c4ccc(N5C(=O)C(C)=C(C)C5=O)cc4)cc3)cc2)C1=O. The number of rotatable bonds is 6. The van der Waals surface area contributed by atoms with Gasteiger partial charge in [0.05, 0.1) is 16.9 Å². The summed E-state index contributed by atoms with van der Waals surface area (Å²) in [6, 6.07) is 18.2. The van der Waals surface area contributed by atoms with Gasteiger partial charge in [0.25, 0.3) is 29.5 Å². The molecule has 0 spiro atoms. The van der Waals surface area contributed by atoms with Crippen LogP contribution < -0.4 is 19.9 Å². The average Bonchev–Trinajstić information content (AvgIpc) is 3.31. The Labute approximate surface area is 240 Å². The number of nitrogens with one attached hydrogen (secondary N) is 1. The molecule has 0 bridgehead atoms. The van der Waals surface area contributed by atoms with E-state index < -0.39 is 23.7 Å². The summed E-state index contributed by atoms with van der Waals surface area (Å²) in [4.78, 5) is 77.0. The molecule has 2 aliphatic rings. The Kier molecular flexibility index (Phi) is 7.13. The molecule has 0 fully saturated rings. The molecule has 0 saturated carbocycles. The molecule has 3 aromatic carbocycles. The van der Waals surface area contributed by atoms with Crippen LogP contribution in [0.4, 0.5) is 17.1 Å². The normalized spacial score (nSPS) is 15.2. The van der Waals surface area contributed by atoms with Crippen molar-refractivity contribution in [3.63, 3.8) is 0 Å². The highest BCUT2D eigenvalue weighted by molar-refractivity contribution is 6.33. The predicted molar refractivity (Wildman–Crippen MR) is 154 cm³/mol. The van der Waals surface area contributed by atoms with Gasteiger partial charge < -0.3 is 10.1 Å². The Hall–Kier alpha value is -5.64. The molecule has 1 N–H and O–H groups in total. The van der Waals surface area contributed by atoms with Crippen LogP contribution in [0, 0.1) is 0 Å². The van der Waals surface area contributed by atoms with Crippen LogP contribution in [-0.2, 0) is 19.2 Å². The Morgan fingerprint density at radius 3 is 1.33 bits per heavy atom. The Bertz CT molecular complexity index is 1570. The lowest BCUT2D eigenvalue weighted by atomic mass is 10.1. The molecule has 2 aliphatic heterocycles. The van der Waals surface area contributed by atoms with Crippen LogP contribution in [0.5, 0.6) is 5.75 Å². The second kappa shape index (κ2) is 10.7. The topological polar surface area (TPSA) is 130 Å². The number of imide groups is 2. The Morgan fingerprint density at radius 1 is 0.548 bits per heavy atom. The first-order valence-electron chi connectivity index (χ1n) is 12.9. The summed E-state index contributed by atoms with van der Waals surface area (Å²) in [5.41, 5.74) is 3.28. The molecule has 5 rings (SSSR count). The first kappa shape index (κ1) is 27.9. The van der Waals surface area contributed by atoms with Crippen LogP contribution in [-0.4, -0.2) is 35.5 Å². The molecular formula is C32H25N3O7. The Balaban J connectivity index is 1.18. The van der Waals surface area contributed by atoms with Gasteiger partial charge in [0.15, 0.2) is 0 Å². The standard InChI is InChI=1S/C32H25N3O7/c1-17-18(2)29(38)34(28(17)37)24-11-5-21(6-12-24)27(36)33-23-9-15-26(16-10-23)42-32(41)22-7-13-25(14-8-22)35-30(39)19(3)20(4)31(35)40/h5-16H,1-4H3,(H,33,36). The lowest BCUT2D eigenvalue weighted by molar-refractivity contribution is -0.122. The van der Waals surface area contributed by atoms with Crippen molar-refractivity contribution < 1.29 is 33.5 Å². The summed E-state index contributed by atoms with van der Waals surface area (Å²) in [7, 11) is 0. The third-order valence-electron chi connectivity index (χ3n) is 7.29. The van der Waals surface area contributed by atoms with Crippen molar-refractivity contribution in [3.8, 4) is 5.75 Å². The molecule has 42 heavy (non-hydrogen) atoms. The van der Waals surface area contributed by atoms with Gasteiger partial charge in [0.1, 0.15) is 5.75 Å². The summed E-state index contributed by atoms with van der Waals surface area (Å²) < 4.78 is 5.41. The summed E-state index contributed by atoms with van der Waals surface area (Å²) in [6.07, 6.45) is 0. The average molecular weight is 564 g/mol. The summed E-state index contributed by atoms with van der Waals surface area (Å²) in [5.74, 6) is -2.36. The molecule has 10 heteroatoms. The molecule has 0 saturated heterocycles. The van der Waals surface area contributed by atoms with Crippen molar-refractivity contribution in [3.05, 3.63) is 106 Å². The Morgan fingerprint density at radius 2 is 0.929 bits per heavy atom. The van der Waals surface area contributed by atoms with E-state index in [1.165, 1.54) is 60.7 Å². The van der Waals surface area contributed by atoms with Gasteiger partial charge in [-0.2, -0.15) is 0 Å². The zero-order valence-corrected chi connectivity index (χ0v) is 23.2. The van der Waals surface area contributed by atoms with Crippen LogP contribution in [0.25, 0.3) is 0 Å². The quantitative estimate of drug-likeness (QED) is 0.264. The second-order valence-electron chi connectivity index (χ2n) is 9.85. The van der Waals surface area contributed by atoms with E-state index in [4.69, 9.17) is 4.74 Å². The van der Waals surface area contributed by atoms with Crippen molar-refractivity contribution in [2.75, 3.05) is 15.1 Å². The fourth-order valence-corrected chi connectivity index (χ4v) is 4.45. The van der Waals surface area contributed by atoms with Crippen molar-refractivity contribution in [2.45, 2.75) is 27.7 Å². The van der Waals surface area contributed by atoms with E-state index in [1.54, 1.807) is 39.8 Å². The minimum absolute atomic E-state index is 0.221. The summed E-state index contributed by atoms with van der Waals surface area (Å²) >= 11 is 0. The number of hydrogen-bond donors (Lipinski definition) is 1. The number of esters is 1. The van der Waals surface area contributed by atoms with E-state index in [0.29, 0.717) is 44.9 Å². The summed E-state index contributed by atoms with van der Waals surface area (Å²) in [6.45, 7) is 6.39. The van der Waals surface area contributed by atoms with Crippen molar-refractivity contribution in [1.82, 2.24) is 0 Å². The van der Waals surface area contributed by atoms with Gasteiger partial charge in [0, 0.05) is 33.5 Å². The van der Waals surface area contributed by atoms with Gasteiger partial charge in [-0.05, 0) is 100 Å². The number of amides is 5. The molecule has 5 amide bonds. The number of hydrogen-bond acceptors (Lipinski definition) is 7. The monoisotopic (exact) mass is 563 g/mol. The highest BCUT2D eigenvalue weighted by atomic mass is 16.5. The third kappa shape index (κ3) is 4.90. The lowest BCUT2D eigenvalue weighted by Crippen LogP contribution is -2.31. The maximum Gasteiger partial charge on any atom is 0.343 e. The first-order valence-corrected chi connectivity index (χ1v) is 12.9. The third-order valence-corrected chi connectivity index (χ3v) is 7.29. The van der Waals surface area contributed by atoms with Gasteiger partial charge in [-0.3, -0.25) is 24.0 Å². The van der Waals surface area contributed by atoms with Crippen LogP contribution in [0.3, 0.4) is 0 Å². The van der Waals surface area contributed by atoms with E-state index >= 15 is 0 Å². The van der Waals surface area contributed by atoms with E-state index in [1.807, 2.05) is 0 Å². The predicted octanol–water partition coefficient (Wildman–Crippen LogP) is 4.58. The van der Waals surface area contributed by atoms with Gasteiger partial charge in [0.2, 0.25) is 0 Å². The zero-order valence-electron chi connectivity index (χ0n) is 23.2. The number of anilines is 3. The van der Waals surface area contributed by atoms with Gasteiger partial charge in [-0.1, -0.05) is 0 Å². The minimum Gasteiger partial charge on any atom is -0.423 e. The fourth-order valence-electron chi connectivity index (χ4n) is 4.45. The van der Waals surface area contributed by atoms with E-state index in [9.17, 15) is 28.8 Å². The van der Waals surface area contributed by atoms with Crippen molar-refractivity contribution in [1.29, 1.82) is 0 Å². The number of nitrogens with zero attached hydrogens (tertiary/aromatic N) is 2. The van der Waals surface area contributed by atoms with Crippen LogP contribution >= 0.6 is 0 Å². The molecule has 0 atom stereocenters. The molecule has 0 radical (unpaired) electrons. The number of carbonyl (C=O) groups excluding carboxylic acids is 6. The largest absolute Gasteiger partial charge is 0.423 e. The van der Waals surface area contributed by atoms with Crippen LogP contribution in [0.1, 0.15) is 48.4 Å². The molecule has 210 valence electrons. The lowest BCUT2D eigenvalue weighted by Gasteiger charge is -2.15.